The molecule has 1 aliphatic heterocycles. The lowest BCUT2D eigenvalue weighted by molar-refractivity contribution is -0.137. The Balaban J connectivity index is 2.02. The van der Waals surface area contributed by atoms with E-state index in [0.29, 0.717) is 0 Å². The molecule has 4 nitrogen and oxygen atoms in total. The third-order valence-electron chi connectivity index (χ3n) is 2.35. The molecule has 1 aromatic carbocycles. The average Bonchev–Trinajstić information content (AvgIpc) is 2.65. The van der Waals surface area contributed by atoms with Crippen LogP contribution in [0.5, 0.6) is 5.75 Å². The summed E-state index contributed by atoms with van der Waals surface area (Å²) in [5.74, 6) is 0.149. The minimum absolute atomic E-state index is 0.0348. The van der Waals surface area contributed by atoms with Crippen molar-refractivity contribution < 1.29 is 26.3 Å². The Hall–Kier alpha value is -1.83. The number of benzene rings is 1. The van der Waals surface area contributed by atoms with Crippen LogP contribution in [0.25, 0.3) is 0 Å². The maximum absolute atomic E-state index is 12.3. The molecule has 0 saturated carbocycles. The molecule has 8 heteroatoms. The molecular formula is C11H8F3NO3S. The van der Waals surface area contributed by atoms with Crippen LogP contribution < -0.4 is 4.74 Å². The Morgan fingerprint density at radius 2 is 1.79 bits per heavy atom. The summed E-state index contributed by atoms with van der Waals surface area (Å²) in [6.45, 7) is -0.270. The smallest absolute Gasteiger partial charge is 0.416 e. The Kier molecular flexibility index (Phi) is 3.36. The Labute approximate surface area is 107 Å². The van der Waals surface area contributed by atoms with Crippen molar-refractivity contribution in [2.75, 3.05) is 6.61 Å². The molecule has 102 valence electrons. The van der Waals surface area contributed by atoms with Crippen LogP contribution in [0, 0.1) is 0 Å². The van der Waals surface area contributed by atoms with Crippen LogP contribution in [-0.2, 0) is 16.0 Å². The van der Waals surface area contributed by atoms with E-state index in [4.69, 9.17) is 4.74 Å². The number of halogens is 3. The Morgan fingerprint density at radius 3 is 2.26 bits per heavy atom. The summed E-state index contributed by atoms with van der Waals surface area (Å²) in [6.07, 6.45) is -3.27. The number of hydrogen-bond donors (Lipinski definition) is 0. The molecule has 0 radical (unpaired) electrons. The van der Waals surface area contributed by atoms with Gasteiger partial charge in [0.1, 0.15) is 22.8 Å². The molecule has 1 aromatic rings. The predicted octanol–water partition coefficient (Wildman–Crippen LogP) is 2.38. The van der Waals surface area contributed by atoms with Gasteiger partial charge in [0.05, 0.1) is 5.56 Å². The number of ether oxygens (including phenoxy) is 1. The van der Waals surface area contributed by atoms with Gasteiger partial charge in [0.15, 0.2) is 0 Å². The average molecular weight is 291 g/mol. The monoisotopic (exact) mass is 291 g/mol. The predicted molar refractivity (Wildman–Crippen MR) is 62.4 cm³/mol. The second-order valence-corrected chi connectivity index (χ2v) is 5.53. The van der Waals surface area contributed by atoms with Crippen molar-refractivity contribution in [1.29, 1.82) is 0 Å². The SMILES string of the molecule is O=S1(=O)C=NC=C1COc1ccc(C(F)(F)F)cc1. The first-order valence-electron chi connectivity index (χ1n) is 5.06. The maximum Gasteiger partial charge on any atom is 0.416 e. The summed E-state index contributed by atoms with van der Waals surface area (Å²) in [5.41, 5.74) is -0.00535. The Morgan fingerprint density at radius 1 is 1.16 bits per heavy atom. The van der Waals surface area contributed by atoms with Crippen LogP contribution in [0.3, 0.4) is 0 Å². The molecule has 2 rings (SSSR count). The summed E-state index contributed by atoms with van der Waals surface area (Å²) < 4.78 is 64.7. The standard InChI is InChI=1S/C11H8F3NO3S/c12-11(13,14)8-1-3-9(4-2-8)18-6-10-5-15-7-19(10,16)17/h1-5,7H,6H2. The van der Waals surface area contributed by atoms with Gasteiger partial charge in [-0.25, -0.2) is 8.42 Å². The fourth-order valence-corrected chi connectivity index (χ4v) is 2.14. The third kappa shape index (κ3) is 3.14. The van der Waals surface area contributed by atoms with E-state index in [1.807, 2.05) is 0 Å². The van der Waals surface area contributed by atoms with Gasteiger partial charge in [-0.2, -0.15) is 13.2 Å². The molecule has 0 spiro atoms. The van der Waals surface area contributed by atoms with Gasteiger partial charge in [-0.1, -0.05) is 0 Å². The van der Waals surface area contributed by atoms with Gasteiger partial charge < -0.3 is 4.74 Å². The van der Waals surface area contributed by atoms with Gasteiger partial charge in [0, 0.05) is 6.20 Å². The molecule has 0 unspecified atom stereocenters. The molecule has 19 heavy (non-hydrogen) atoms. The highest BCUT2D eigenvalue weighted by molar-refractivity contribution is 8.08. The van der Waals surface area contributed by atoms with Crippen molar-refractivity contribution in [3.8, 4) is 5.75 Å². The van der Waals surface area contributed by atoms with Gasteiger partial charge in [-0.15, -0.1) is 0 Å². The van der Waals surface area contributed by atoms with Crippen LogP contribution in [-0.4, -0.2) is 20.6 Å². The lowest BCUT2D eigenvalue weighted by Gasteiger charge is -2.09. The van der Waals surface area contributed by atoms with Crippen molar-refractivity contribution in [3.05, 3.63) is 40.9 Å². The molecule has 0 aliphatic carbocycles. The van der Waals surface area contributed by atoms with Crippen molar-refractivity contribution >= 4 is 15.4 Å². The second kappa shape index (κ2) is 4.69. The first-order valence-corrected chi connectivity index (χ1v) is 6.61. The minimum atomic E-state index is -4.41. The summed E-state index contributed by atoms with van der Waals surface area (Å²) in [6, 6.07) is 3.99. The zero-order chi connectivity index (χ0) is 14.1. The van der Waals surface area contributed by atoms with Crippen molar-refractivity contribution in [2.24, 2.45) is 4.99 Å². The molecular weight excluding hydrogens is 283 g/mol. The first kappa shape index (κ1) is 13.6. The fourth-order valence-electron chi connectivity index (χ4n) is 1.35. The normalized spacial score (nSPS) is 17.3. The van der Waals surface area contributed by atoms with Crippen molar-refractivity contribution in [3.63, 3.8) is 0 Å². The summed E-state index contributed by atoms with van der Waals surface area (Å²) in [5, 5.41) is 0. The van der Waals surface area contributed by atoms with Gasteiger partial charge >= 0.3 is 6.18 Å². The zero-order valence-electron chi connectivity index (χ0n) is 9.39. The summed E-state index contributed by atoms with van der Waals surface area (Å²) in [4.78, 5) is 3.44. The molecule has 0 aromatic heterocycles. The van der Waals surface area contributed by atoms with Crippen LogP contribution in [0.2, 0.25) is 0 Å². The minimum Gasteiger partial charge on any atom is -0.488 e. The van der Waals surface area contributed by atoms with Crippen LogP contribution >= 0.6 is 0 Å². The van der Waals surface area contributed by atoms with Gasteiger partial charge in [0.2, 0.25) is 9.84 Å². The van der Waals surface area contributed by atoms with Gasteiger partial charge in [0.25, 0.3) is 0 Å². The highest BCUT2D eigenvalue weighted by atomic mass is 32.2. The van der Waals surface area contributed by atoms with E-state index in [0.717, 1.165) is 36.0 Å². The highest BCUT2D eigenvalue weighted by Gasteiger charge is 2.30. The van der Waals surface area contributed by atoms with Crippen molar-refractivity contribution in [1.82, 2.24) is 0 Å². The quantitative estimate of drug-likeness (QED) is 0.859. The van der Waals surface area contributed by atoms with E-state index < -0.39 is 21.6 Å². The van der Waals surface area contributed by atoms with E-state index in [-0.39, 0.29) is 17.3 Å². The largest absolute Gasteiger partial charge is 0.488 e. The van der Waals surface area contributed by atoms with Crippen LogP contribution in [0.4, 0.5) is 13.2 Å². The highest BCUT2D eigenvalue weighted by Crippen LogP contribution is 2.30. The number of sulfone groups is 1. The summed E-state index contributed by atoms with van der Waals surface area (Å²) >= 11 is 0. The lowest BCUT2D eigenvalue weighted by Crippen LogP contribution is -2.10. The van der Waals surface area contributed by atoms with Crippen molar-refractivity contribution in [2.45, 2.75) is 6.18 Å². The van der Waals surface area contributed by atoms with E-state index in [9.17, 15) is 21.6 Å². The molecule has 0 saturated heterocycles. The van der Waals surface area contributed by atoms with Crippen LogP contribution in [0.1, 0.15) is 5.56 Å². The third-order valence-corrected chi connectivity index (χ3v) is 3.70. The topological polar surface area (TPSA) is 55.7 Å². The van der Waals surface area contributed by atoms with Gasteiger partial charge in [-0.05, 0) is 24.3 Å². The molecule has 0 N–H and O–H groups in total. The number of aliphatic imine (C=N–C) groups is 1. The second-order valence-electron chi connectivity index (χ2n) is 3.71. The van der Waals surface area contributed by atoms with Gasteiger partial charge in [-0.3, -0.25) is 4.99 Å². The molecule has 1 aliphatic rings. The molecule has 0 amide bonds. The molecule has 1 heterocycles. The number of rotatable bonds is 3. The first-order chi connectivity index (χ1) is 8.79. The lowest BCUT2D eigenvalue weighted by atomic mass is 10.2. The molecule has 0 fully saturated rings. The molecule has 0 atom stereocenters. The van der Waals surface area contributed by atoms with E-state index in [1.54, 1.807) is 0 Å². The van der Waals surface area contributed by atoms with E-state index in [2.05, 4.69) is 4.99 Å². The number of alkyl halides is 3. The summed E-state index contributed by atoms with van der Waals surface area (Å²) in [7, 11) is -3.52. The number of nitrogens with zero attached hydrogens (tertiary/aromatic N) is 1. The maximum atomic E-state index is 12.3. The Bertz CT molecular complexity index is 630. The molecule has 0 bridgehead atoms. The van der Waals surface area contributed by atoms with E-state index in [1.165, 1.54) is 0 Å². The zero-order valence-corrected chi connectivity index (χ0v) is 10.2. The fraction of sp³-hybridized carbons (Fsp3) is 0.182. The number of hydrogen-bond acceptors (Lipinski definition) is 4. The van der Waals surface area contributed by atoms with Crippen LogP contribution in [0.15, 0.2) is 40.4 Å². The van der Waals surface area contributed by atoms with E-state index >= 15 is 0 Å².